The Bertz CT molecular complexity index is 2470. The molecule has 0 rings (SSSR count). The lowest BCUT2D eigenvalue weighted by Gasteiger charge is -2.28. The highest BCUT2D eigenvalue weighted by Crippen LogP contribution is 2.11. The van der Waals surface area contributed by atoms with E-state index in [0.717, 1.165) is 0 Å². The summed E-state index contributed by atoms with van der Waals surface area (Å²) >= 11 is 0. The number of carboxylic acid groups (broad SMARTS) is 1. The number of carbonyl (C=O) groups excluding carboxylic acids is 7. The van der Waals surface area contributed by atoms with Gasteiger partial charge in [0, 0.05) is 52.4 Å². The van der Waals surface area contributed by atoms with Crippen LogP contribution in [0, 0.1) is 0 Å². The van der Waals surface area contributed by atoms with Gasteiger partial charge in [0.1, 0.15) is 42.3 Å². The second kappa shape index (κ2) is 45.2. The summed E-state index contributed by atoms with van der Waals surface area (Å²) in [5.74, 6) is -9.62. The zero-order valence-electron chi connectivity index (χ0n) is 50.2. The van der Waals surface area contributed by atoms with Gasteiger partial charge in [0.2, 0.25) is 41.4 Å². The fourth-order valence-electron chi connectivity index (χ4n) is 7.96. The molecule has 0 aliphatic rings. The number of carboxylic acids is 1. The van der Waals surface area contributed by atoms with E-state index in [1.165, 1.54) is 0 Å². The quantitative estimate of drug-likeness (QED) is 0.0153. The van der Waals surface area contributed by atoms with E-state index in [0.29, 0.717) is 6.42 Å². The molecule has 89 heavy (non-hydrogen) atoms. The van der Waals surface area contributed by atoms with Crippen LogP contribution in [0.25, 0.3) is 0 Å². The second-order valence-corrected chi connectivity index (χ2v) is 20.0. The highest BCUT2D eigenvalue weighted by atomic mass is 16.4. The van der Waals surface area contributed by atoms with E-state index in [1.54, 1.807) is 0 Å². The van der Waals surface area contributed by atoms with Gasteiger partial charge >= 0.3 is 5.97 Å². The Morgan fingerprint density at radius 2 is 0.393 bits per heavy atom. The largest absolute Gasteiger partial charge is 0.480 e. The molecule has 0 aliphatic heterocycles. The maximum atomic E-state index is 14.6. The lowest BCUT2D eigenvalue weighted by Crippen LogP contribution is -2.60. The van der Waals surface area contributed by atoms with Crippen molar-refractivity contribution >= 4 is 95.0 Å². The first-order chi connectivity index (χ1) is 41.9. The zero-order valence-corrected chi connectivity index (χ0v) is 50.2. The Morgan fingerprint density at radius 3 is 0.562 bits per heavy atom. The van der Waals surface area contributed by atoms with Crippen LogP contribution in [0.4, 0.5) is 0 Å². The van der Waals surface area contributed by atoms with Crippen molar-refractivity contribution in [3.05, 3.63) is 0 Å². The monoisotopic (exact) mass is 1270 g/mol. The van der Waals surface area contributed by atoms with E-state index in [4.69, 9.17) is 97.5 Å². The van der Waals surface area contributed by atoms with Gasteiger partial charge in [-0.2, -0.15) is 0 Å². The summed E-state index contributed by atoms with van der Waals surface area (Å²) in [6.07, 6.45) is 0.0907. The average Bonchev–Trinajstić information content (AvgIpc) is 3.66. The van der Waals surface area contributed by atoms with Crippen molar-refractivity contribution in [3.63, 3.8) is 0 Å². The number of aliphatic imine (C=N–C) groups is 8. The van der Waals surface area contributed by atoms with Crippen LogP contribution < -0.4 is 135 Å². The summed E-state index contributed by atoms with van der Waals surface area (Å²) in [4.78, 5) is 143. The minimum Gasteiger partial charge on any atom is -0.480 e. The molecule has 0 aromatic heterocycles. The summed E-state index contributed by atoms with van der Waals surface area (Å²) in [5, 5.41) is 28.2. The summed E-state index contributed by atoms with van der Waals surface area (Å²) in [5.41, 5.74) is 94.1. The molecule has 42 N–H and O–H groups in total. The van der Waals surface area contributed by atoms with Crippen molar-refractivity contribution in [3.8, 4) is 0 Å². The molecule has 0 saturated carbocycles. The molecule has 0 radical (unpaired) electrons. The third-order valence-corrected chi connectivity index (χ3v) is 12.3. The standard InChI is InChI=1S/C48H98N32O9/c49-25(9-1-17-66-41(50)51)33(81)74-26(10-2-18-67-42(52)53)34(82)75-27(11-3-19-68-43(54)55)35(83)76-28(12-4-20-69-44(56)57)36(84)77-29(13-5-21-70-45(58)59)37(85)78-30(14-6-22-71-46(60)61)38(86)79-31(15-7-23-72-47(62)63)39(87)80-32(40(88)89)16-8-24-73-48(64)65/h25-32H,1-24,49H2,(H,74,81)(H,75,82)(H,76,83)(H,77,84)(H,78,85)(H,79,86)(H,80,87)(H,88,89)(H4,50,51,66)(H4,52,53,67)(H4,54,55,68)(H4,56,57,69)(H4,58,59,70)(H4,60,61,71)(H4,62,63,72)(H4,64,65,73)/t25-,26-,27-,28?,29-,30-,31-,32-/m0/s1. The molecule has 41 nitrogen and oxygen atoms in total. The molecule has 7 amide bonds. The molecule has 0 fully saturated rings. The first-order valence-corrected chi connectivity index (χ1v) is 28.5. The molecule has 0 aliphatic carbocycles. The highest BCUT2D eigenvalue weighted by Gasteiger charge is 2.34. The van der Waals surface area contributed by atoms with Crippen LogP contribution in [0.15, 0.2) is 39.9 Å². The van der Waals surface area contributed by atoms with Gasteiger partial charge < -0.3 is 140 Å². The molecule has 0 heterocycles. The summed E-state index contributed by atoms with van der Waals surface area (Å²) in [7, 11) is 0. The Labute approximate surface area is 515 Å². The predicted molar refractivity (Wildman–Crippen MR) is 338 cm³/mol. The molecule has 0 saturated heterocycles. The molecule has 8 atom stereocenters. The van der Waals surface area contributed by atoms with Gasteiger partial charge in [0.25, 0.3) is 0 Å². The van der Waals surface area contributed by atoms with Crippen molar-refractivity contribution in [2.45, 2.75) is 151 Å². The number of nitrogens with two attached hydrogens (primary N) is 17. The van der Waals surface area contributed by atoms with Gasteiger partial charge in [0.05, 0.1) is 6.04 Å². The van der Waals surface area contributed by atoms with Crippen molar-refractivity contribution in [2.75, 3.05) is 52.4 Å². The van der Waals surface area contributed by atoms with E-state index in [-0.39, 0.29) is 196 Å². The summed E-state index contributed by atoms with van der Waals surface area (Å²) < 4.78 is 0. The first kappa shape index (κ1) is 78.9. The number of amides is 7. The lowest BCUT2D eigenvalue weighted by atomic mass is 10.0. The van der Waals surface area contributed by atoms with Crippen LogP contribution in [-0.2, 0) is 38.4 Å². The molecular weight excluding hydrogens is 1170 g/mol. The molecule has 0 spiro atoms. The third kappa shape index (κ3) is 40.0. The SMILES string of the molecule is NC(N)=NCCCC(NC(=O)[C@H](CCCN=C(N)N)NC(=O)[C@H](CCCN=C(N)N)NC(=O)[C@@H](N)CCCN=C(N)N)C(=O)N[C@@H](CCCN=C(N)N)C(=O)N[C@@H](CCCN=C(N)N)C(=O)N[C@@H](CCCN=C(N)N)C(=O)N[C@@H](CCCN=C(N)N)C(=O)O. The van der Waals surface area contributed by atoms with Crippen LogP contribution in [0.5, 0.6) is 0 Å². The normalized spacial score (nSPS) is 13.3. The van der Waals surface area contributed by atoms with Crippen molar-refractivity contribution < 1.29 is 43.5 Å². The van der Waals surface area contributed by atoms with Crippen LogP contribution in [0.1, 0.15) is 103 Å². The second-order valence-electron chi connectivity index (χ2n) is 20.0. The Kier molecular flexibility index (Phi) is 40.1. The fourth-order valence-corrected chi connectivity index (χ4v) is 7.96. The average molecular weight is 1270 g/mol. The molecule has 1 unspecified atom stereocenters. The smallest absolute Gasteiger partial charge is 0.326 e. The number of carbonyl (C=O) groups is 8. The van der Waals surface area contributed by atoms with E-state index >= 15 is 0 Å². The van der Waals surface area contributed by atoms with E-state index < -0.39 is 95.7 Å². The number of aliphatic carboxylic acids is 1. The number of nitrogens with zero attached hydrogens (tertiary/aromatic N) is 8. The maximum absolute atomic E-state index is 14.6. The molecule has 0 bridgehead atoms. The molecular formula is C48H98N32O9. The summed E-state index contributed by atoms with van der Waals surface area (Å²) in [6.45, 7) is 0.134. The van der Waals surface area contributed by atoms with Gasteiger partial charge in [-0.15, -0.1) is 0 Å². The van der Waals surface area contributed by atoms with Gasteiger partial charge in [-0.25, -0.2) is 4.79 Å². The van der Waals surface area contributed by atoms with Crippen LogP contribution in [-0.4, -0.2) is 201 Å². The van der Waals surface area contributed by atoms with Gasteiger partial charge in [-0.1, -0.05) is 0 Å². The van der Waals surface area contributed by atoms with Crippen molar-refractivity contribution in [2.24, 2.45) is 137 Å². The van der Waals surface area contributed by atoms with Crippen LogP contribution >= 0.6 is 0 Å². The Morgan fingerprint density at radius 1 is 0.247 bits per heavy atom. The number of guanidine groups is 8. The minimum absolute atomic E-state index is 0.00317. The van der Waals surface area contributed by atoms with Gasteiger partial charge in [-0.05, 0) is 103 Å². The van der Waals surface area contributed by atoms with E-state index in [2.05, 4.69) is 77.2 Å². The highest BCUT2D eigenvalue weighted by molar-refractivity contribution is 5.98. The number of hydrogen-bond acceptors (Lipinski definition) is 17. The van der Waals surface area contributed by atoms with Gasteiger partial charge in [0.15, 0.2) is 47.7 Å². The van der Waals surface area contributed by atoms with Gasteiger partial charge in [-0.3, -0.25) is 73.5 Å². The van der Waals surface area contributed by atoms with Crippen molar-refractivity contribution in [1.82, 2.24) is 37.2 Å². The van der Waals surface area contributed by atoms with Crippen LogP contribution in [0.3, 0.4) is 0 Å². The lowest BCUT2D eigenvalue weighted by molar-refractivity contribution is -0.142. The fraction of sp³-hybridized carbons (Fsp3) is 0.667. The molecule has 41 heteroatoms. The first-order valence-electron chi connectivity index (χ1n) is 28.5. The predicted octanol–water partition coefficient (Wildman–Crippen LogP) is -11.8. The number of nitrogens with one attached hydrogen (secondary N) is 7. The maximum Gasteiger partial charge on any atom is 0.326 e. The van der Waals surface area contributed by atoms with Crippen LogP contribution in [0.2, 0.25) is 0 Å². The summed E-state index contributed by atoms with van der Waals surface area (Å²) in [6, 6.07) is -11.3. The molecule has 0 aromatic rings. The minimum atomic E-state index is -1.52. The number of rotatable bonds is 47. The Balaban J connectivity index is 7.48. The Hall–Kier alpha value is -10.1. The zero-order chi connectivity index (χ0) is 67.4. The molecule has 0 aromatic carbocycles. The third-order valence-electron chi connectivity index (χ3n) is 12.3. The van der Waals surface area contributed by atoms with Crippen molar-refractivity contribution in [1.29, 1.82) is 0 Å². The van der Waals surface area contributed by atoms with E-state index in [1.807, 2.05) is 0 Å². The van der Waals surface area contributed by atoms with E-state index in [9.17, 15) is 43.5 Å². The molecule has 504 valence electrons. The topological polar surface area (TPSA) is 782 Å². The number of hydrogen-bond donors (Lipinski definition) is 25.